The van der Waals surface area contributed by atoms with Crippen LogP contribution in [0.25, 0.3) is 11.4 Å². The van der Waals surface area contributed by atoms with E-state index in [0.717, 1.165) is 36.4 Å². The first-order chi connectivity index (χ1) is 14.3. The molecule has 30 heavy (non-hydrogen) atoms. The summed E-state index contributed by atoms with van der Waals surface area (Å²) in [7, 11) is -4.19. The van der Waals surface area contributed by atoms with Gasteiger partial charge in [0.25, 0.3) is 0 Å². The molecule has 2 aromatic carbocycles. The van der Waals surface area contributed by atoms with Gasteiger partial charge < -0.3 is 5.32 Å². The van der Waals surface area contributed by atoms with Crippen LogP contribution in [0.2, 0.25) is 0 Å². The number of hydrogen-bond donors (Lipinski definition) is 3. The van der Waals surface area contributed by atoms with Crippen LogP contribution in [0.1, 0.15) is 31.5 Å². The van der Waals surface area contributed by atoms with E-state index >= 15 is 0 Å². The minimum absolute atomic E-state index is 0.442. The molecule has 1 aliphatic rings. The summed E-state index contributed by atoms with van der Waals surface area (Å²) in [6.45, 7) is 1.38. The Kier molecular flexibility index (Phi) is 5.35. The highest BCUT2D eigenvalue weighted by atomic mass is 32.2. The molecule has 1 aromatic heterocycles. The van der Waals surface area contributed by atoms with Gasteiger partial charge in [0.2, 0.25) is 15.9 Å². The fourth-order valence-electron chi connectivity index (χ4n) is 2.94. The Bertz CT molecular complexity index is 1190. The van der Waals surface area contributed by atoms with Gasteiger partial charge in [-0.1, -0.05) is 24.3 Å². The van der Waals surface area contributed by atoms with E-state index < -0.39 is 32.7 Å². The van der Waals surface area contributed by atoms with E-state index in [9.17, 15) is 17.6 Å². The molecular formula is C20H20FN5O3S. The molecule has 1 amide bonds. The number of halogens is 1. The van der Waals surface area contributed by atoms with Crippen LogP contribution in [-0.4, -0.2) is 35.5 Å². The summed E-state index contributed by atoms with van der Waals surface area (Å²) in [6, 6.07) is 10.8. The van der Waals surface area contributed by atoms with Crippen molar-refractivity contribution in [3.8, 4) is 11.4 Å². The van der Waals surface area contributed by atoms with Crippen molar-refractivity contribution in [2.75, 3.05) is 5.32 Å². The summed E-state index contributed by atoms with van der Waals surface area (Å²) in [4.78, 5) is 16.5. The maximum Gasteiger partial charge on any atom is 0.244 e. The highest BCUT2D eigenvalue weighted by molar-refractivity contribution is 7.89. The van der Waals surface area contributed by atoms with Gasteiger partial charge in [-0.25, -0.2) is 17.8 Å². The van der Waals surface area contributed by atoms with Gasteiger partial charge in [0.05, 0.1) is 6.04 Å². The molecule has 8 nitrogen and oxygen atoms in total. The minimum atomic E-state index is -4.19. The maximum atomic E-state index is 13.8. The third-order valence-corrected chi connectivity index (χ3v) is 6.28. The predicted molar refractivity (Wildman–Crippen MR) is 109 cm³/mol. The number of aromatic nitrogens is 3. The number of nitrogens with zero attached hydrogens (tertiary/aromatic N) is 2. The van der Waals surface area contributed by atoms with E-state index in [0.29, 0.717) is 17.4 Å². The van der Waals surface area contributed by atoms with E-state index in [1.165, 1.54) is 19.1 Å². The van der Waals surface area contributed by atoms with Crippen LogP contribution < -0.4 is 10.0 Å². The smallest absolute Gasteiger partial charge is 0.244 e. The lowest BCUT2D eigenvalue weighted by atomic mass is 10.2. The summed E-state index contributed by atoms with van der Waals surface area (Å²) in [5.41, 5.74) is 1.18. The Hall–Kier alpha value is -3.11. The average molecular weight is 429 g/mol. The fraction of sp³-hybridized carbons (Fsp3) is 0.250. The quantitative estimate of drug-likeness (QED) is 0.534. The van der Waals surface area contributed by atoms with Gasteiger partial charge in [0.1, 0.15) is 16.5 Å². The molecule has 0 spiro atoms. The molecule has 0 aliphatic heterocycles. The molecule has 0 bridgehead atoms. The van der Waals surface area contributed by atoms with Crippen LogP contribution in [-0.2, 0) is 14.8 Å². The van der Waals surface area contributed by atoms with Crippen LogP contribution in [0.15, 0.2) is 53.4 Å². The van der Waals surface area contributed by atoms with Gasteiger partial charge in [-0.2, -0.15) is 9.82 Å². The molecule has 3 N–H and O–H groups in total. The Labute approximate surface area is 173 Å². The molecule has 1 heterocycles. The summed E-state index contributed by atoms with van der Waals surface area (Å²) >= 11 is 0. The first-order valence-electron chi connectivity index (χ1n) is 9.44. The van der Waals surface area contributed by atoms with Gasteiger partial charge in [-0.3, -0.25) is 9.89 Å². The lowest BCUT2D eigenvalue weighted by Gasteiger charge is -2.15. The van der Waals surface area contributed by atoms with Crippen molar-refractivity contribution in [2.24, 2.45) is 0 Å². The molecule has 0 radical (unpaired) electrons. The molecule has 4 rings (SSSR count). The number of rotatable bonds is 7. The van der Waals surface area contributed by atoms with Gasteiger partial charge in [0, 0.05) is 17.2 Å². The third kappa shape index (κ3) is 4.39. The van der Waals surface area contributed by atoms with Gasteiger partial charge >= 0.3 is 0 Å². The number of benzene rings is 2. The molecule has 156 valence electrons. The Balaban J connectivity index is 1.45. The Morgan fingerprint density at radius 3 is 2.70 bits per heavy atom. The number of anilines is 1. The zero-order valence-electron chi connectivity index (χ0n) is 16.1. The first-order valence-corrected chi connectivity index (χ1v) is 10.9. The summed E-state index contributed by atoms with van der Waals surface area (Å²) in [6.07, 6.45) is 2.21. The Morgan fingerprint density at radius 2 is 1.97 bits per heavy atom. The summed E-state index contributed by atoms with van der Waals surface area (Å²) < 4.78 is 40.7. The number of nitrogens with one attached hydrogen (secondary N) is 3. The average Bonchev–Trinajstić information content (AvgIpc) is 3.44. The fourth-order valence-corrected chi connectivity index (χ4v) is 4.22. The van der Waals surface area contributed by atoms with Crippen molar-refractivity contribution in [2.45, 2.75) is 36.6 Å². The SMILES string of the molecule is C[C@H](NS(=O)(=O)c1ccccc1F)C(=O)Nc1cccc(-c2n[nH]c(C3CC3)n2)c1. The van der Waals surface area contributed by atoms with Crippen LogP contribution in [0.3, 0.4) is 0 Å². The molecule has 0 unspecified atom stereocenters. The zero-order chi connectivity index (χ0) is 21.3. The topological polar surface area (TPSA) is 117 Å². The van der Waals surface area contributed by atoms with Crippen LogP contribution >= 0.6 is 0 Å². The number of carbonyl (C=O) groups is 1. The molecule has 1 aliphatic carbocycles. The van der Waals surface area contributed by atoms with Crippen LogP contribution in [0.4, 0.5) is 10.1 Å². The maximum absolute atomic E-state index is 13.8. The van der Waals surface area contributed by atoms with Crippen LogP contribution in [0.5, 0.6) is 0 Å². The molecule has 3 aromatic rings. The number of sulfonamides is 1. The minimum Gasteiger partial charge on any atom is -0.325 e. The number of carbonyl (C=O) groups excluding carboxylic acids is 1. The lowest BCUT2D eigenvalue weighted by molar-refractivity contribution is -0.117. The van der Waals surface area contributed by atoms with Crippen molar-refractivity contribution >= 4 is 21.6 Å². The highest BCUT2D eigenvalue weighted by Crippen LogP contribution is 2.38. The van der Waals surface area contributed by atoms with E-state index in [4.69, 9.17) is 0 Å². The monoisotopic (exact) mass is 429 g/mol. The summed E-state index contributed by atoms with van der Waals surface area (Å²) in [5.74, 6) is 0.359. The van der Waals surface area contributed by atoms with E-state index in [-0.39, 0.29) is 0 Å². The number of amides is 1. The molecule has 1 atom stereocenters. The van der Waals surface area contributed by atoms with Crippen molar-refractivity contribution < 1.29 is 17.6 Å². The third-order valence-electron chi connectivity index (χ3n) is 4.71. The van der Waals surface area contributed by atoms with Gasteiger partial charge in [-0.15, -0.1) is 0 Å². The van der Waals surface area contributed by atoms with E-state index in [2.05, 4.69) is 25.2 Å². The standard InChI is InChI=1S/C20H20FN5O3S/c1-12(26-30(28,29)17-8-3-2-7-16(17)21)20(27)22-15-6-4-5-14(11-15)19-23-18(24-25-19)13-9-10-13/h2-8,11-13,26H,9-10H2,1H3,(H,22,27)(H,23,24,25)/t12-/m0/s1. The highest BCUT2D eigenvalue weighted by Gasteiger charge is 2.27. The molecule has 1 saturated carbocycles. The second kappa shape index (κ2) is 7.96. The second-order valence-electron chi connectivity index (χ2n) is 7.16. The predicted octanol–water partition coefficient (Wildman–Crippen LogP) is 2.79. The number of H-pyrrole nitrogens is 1. The van der Waals surface area contributed by atoms with E-state index in [1.807, 2.05) is 6.07 Å². The Morgan fingerprint density at radius 1 is 1.20 bits per heavy atom. The molecule has 1 fully saturated rings. The zero-order valence-corrected chi connectivity index (χ0v) is 16.9. The second-order valence-corrected chi connectivity index (χ2v) is 8.84. The molecule has 10 heteroatoms. The van der Waals surface area contributed by atoms with Gasteiger partial charge in [-0.05, 0) is 44.0 Å². The normalized spacial score (nSPS) is 15.0. The lowest BCUT2D eigenvalue weighted by Crippen LogP contribution is -2.41. The first kappa shape index (κ1) is 20.2. The number of aromatic amines is 1. The van der Waals surface area contributed by atoms with Crippen molar-refractivity contribution in [3.05, 3.63) is 60.2 Å². The van der Waals surface area contributed by atoms with E-state index in [1.54, 1.807) is 18.2 Å². The van der Waals surface area contributed by atoms with Crippen LogP contribution in [0, 0.1) is 5.82 Å². The largest absolute Gasteiger partial charge is 0.325 e. The van der Waals surface area contributed by atoms with Crippen molar-refractivity contribution in [1.29, 1.82) is 0 Å². The molecular weight excluding hydrogens is 409 g/mol. The number of hydrogen-bond acceptors (Lipinski definition) is 5. The van der Waals surface area contributed by atoms with Crippen molar-refractivity contribution in [1.82, 2.24) is 19.9 Å². The molecule has 0 saturated heterocycles. The summed E-state index contributed by atoms with van der Waals surface area (Å²) in [5, 5.41) is 9.81. The van der Waals surface area contributed by atoms with Crippen molar-refractivity contribution in [3.63, 3.8) is 0 Å². The van der Waals surface area contributed by atoms with Gasteiger partial charge in [0.15, 0.2) is 5.82 Å².